The molecule has 6 nitrogen and oxygen atoms in total. The van der Waals surface area contributed by atoms with Gasteiger partial charge in [-0.25, -0.2) is 9.37 Å². The van der Waals surface area contributed by atoms with Gasteiger partial charge in [0.25, 0.3) is 0 Å². The molecule has 1 aliphatic rings. The van der Waals surface area contributed by atoms with Crippen LogP contribution in [0.4, 0.5) is 10.2 Å². The topological polar surface area (TPSA) is 77.5 Å². The van der Waals surface area contributed by atoms with Gasteiger partial charge >= 0.3 is 0 Å². The molecule has 1 fully saturated rings. The first kappa shape index (κ1) is 21.6. The zero-order chi connectivity index (χ0) is 22.9. The molecule has 5 rings (SSSR count). The number of rotatable bonds is 5. The second-order valence-electron chi connectivity index (χ2n) is 8.43. The lowest BCUT2D eigenvalue weighted by molar-refractivity contribution is 0.0753. The van der Waals surface area contributed by atoms with Crippen LogP contribution in [-0.4, -0.2) is 41.7 Å². The van der Waals surface area contributed by atoms with Gasteiger partial charge in [-0.05, 0) is 42.4 Å². The van der Waals surface area contributed by atoms with Gasteiger partial charge in [0, 0.05) is 36.4 Å². The molecule has 0 aliphatic carbocycles. The monoisotopic (exact) mass is 441 g/mol. The van der Waals surface area contributed by atoms with Crippen molar-refractivity contribution in [3.63, 3.8) is 0 Å². The van der Waals surface area contributed by atoms with Crippen molar-refractivity contribution in [2.75, 3.05) is 18.9 Å². The van der Waals surface area contributed by atoms with Gasteiger partial charge < -0.3 is 15.8 Å². The van der Waals surface area contributed by atoms with E-state index in [1.165, 1.54) is 10.6 Å². The Morgan fingerprint density at radius 1 is 1.12 bits per heavy atom. The molecule has 1 unspecified atom stereocenters. The van der Waals surface area contributed by atoms with Crippen LogP contribution in [0, 0.1) is 5.82 Å². The first-order chi connectivity index (χ1) is 16.0. The molecule has 8 heteroatoms. The second-order valence-corrected chi connectivity index (χ2v) is 8.43. The first-order valence-corrected chi connectivity index (χ1v) is 11.1. The third-order valence-corrected chi connectivity index (χ3v) is 6.23. The Morgan fingerprint density at radius 3 is 2.61 bits per heavy atom. The van der Waals surface area contributed by atoms with Crippen LogP contribution in [0.5, 0.6) is 0 Å². The number of nitrogens with zero attached hydrogens (tertiary/aromatic N) is 3. The van der Waals surface area contributed by atoms with Crippen molar-refractivity contribution < 1.29 is 9.13 Å². The van der Waals surface area contributed by atoms with Crippen molar-refractivity contribution in [1.29, 1.82) is 0 Å². The predicted molar refractivity (Wildman–Crippen MR) is 129 cm³/mol. The molecule has 0 bridgehead atoms. The minimum atomic E-state index is -0.309. The average molecular weight is 441 g/mol. The van der Waals surface area contributed by atoms with E-state index in [4.69, 9.17) is 23.3 Å². The van der Waals surface area contributed by atoms with Crippen LogP contribution >= 0.6 is 0 Å². The summed E-state index contributed by atoms with van der Waals surface area (Å²) in [5, 5.41) is 7.96. The number of nitrogen functional groups attached to an aromatic ring is 1. The average Bonchev–Trinajstić information content (AvgIpc) is 3.26. The summed E-state index contributed by atoms with van der Waals surface area (Å²) in [6.07, 6.45) is 3.52. The maximum absolute atomic E-state index is 15.0. The summed E-state index contributed by atoms with van der Waals surface area (Å²) in [5.41, 5.74) is 10.7. The van der Waals surface area contributed by atoms with E-state index in [0.717, 1.165) is 31.6 Å². The highest BCUT2D eigenvalue weighted by atomic mass is 19.1. The van der Waals surface area contributed by atoms with E-state index in [-0.39, 0.29) is 11.9 Å². The molecule has 1 aliphatic heterocycles. The van der Waals surface area contributed by atoms with Gasteiger partial charge in [-0.2, -0.15) is 9.61 Å². The van der Waals surface area contributed by atoms with E-state index in [9.17, 15) is 0 Å². The Balaban J connectivity index is 1.52. The van der Waals surface area contributed by atoms with Crippen molar-refractivity contribution in [2.24, 2.45) is 0 Å². The fourth-order valence-corrected chi connectivity index (χ4v) is 4.41. The van der Waals surface area contributed by atoms with Gasteiger partial charge in [0.2, 0.25) is 0 Å². The van der Waals surface area contributed by atoms with E-state index in [2.05, 4.69) is 10.4 Å². The van der Waals surface area contributed by atoms with Crippen molar-refractivity contribution in [3.05, 3.63) is 66.2 Å². The van der Waals surface area contributed by atoms with E-state index in [1.54, 1.807) is 12.3 Å². The molecular formula is C25H25BFN5O. The molecule has 2 aromatic carbocycles. The number of hydrogen-bond acceptors (Lipinski definition) is 5. The van der Waals surface area contributed by atoms with Gasteiger partial charge in [0.15, 0.2) is 5.65 Å². The number of nitrogens with one attached hydrogen (secondary N) is 1. The van der Waals surface area contributed by atoms with E-state index < -0.39 is 0 Å². The van der Waals surface area contributed by atoms with Crippen molar-refractivity contribution in [2.45, 2.75) is 31.8 Å². The molecule has 0 saturated carbocycles. The standard InChI is InChI=1S/C25H25BFN5O/c1-15(30-18-9-11-33-12-10-18)23-22(26)24(28)32-25(31-23)20(14-29-32)17-7-8-19(21(27)13-17)16-5-3-2-4-6-16/h2-8,13-15,18,30H,9-12,28H2,1H3. The van der Waals surface area contributed by atoms with Gasteiger partial charge in [-0.1, -0.05) is 42.5 Å². The normalized spacial score (nSPS) is 15.7. The minimum absolute atomic E-state index is 0.111. The van der Waals surface area contributed by atoms with Crippen LogP contribution in [-0.2, 0) is 4.74 Å². The van der Waals surface area contributed by atoms with Crippen LogP contribution in [0.25, 0.3) is 27.9 Å². The summed E-state index contributed by atoms with van der Waals surface area (Å²) in [7, 11) is 6.34. The van der Waals surface area contributed by atoms with Gasteiger partial charge in [0.05, 0.1) is 11.9 Å². The zero-order valence-corrected chi connectivity index (χ0v) is 18.5. The highest BCUT2D eigenvalue weighted by Gasteiger charge is 2.22. The molecule has 3 N–H and O–H groups in total. The summed E-state index contributed by atoms with van der Waals surface area (Å²) in [5.74, 6) is 0.0134. The highest BCUT2D eigenvalue weighted by Crippen LogP contribution is 2.30. The maximum Gasteiger partial charge on any atom is 0.165 e. The summed E-state index contributed by atoms with van der Waals surface area (Å²) in [6, 6.07) is 14.8. The summed E-state index contributed by atoms with van der Waals surface area (Å²) in [4.78, 5) is 4.83. The Hall–Kier alpha value is -3.23. The van der Waals surface area contributed by atoms with Crippen molar-refractivity contribution in [1.82, 2.24) is 19.9 Å². The highest BCUT2D eigenvalue weighted by molar-refractivity contribution is 6.36. The minimum Gasteiger partial charge on any atom is -0.384 e. The third kappa shape index (κ3) is 4.12. The largest absolute Gasteiger partial charge is 0.384 e. The van der Waals surface area contributed by atoms with Gasteiger partial charge in [0.1, 0.15) is 19.5 Å². The quantitative estimate of drug-likeness (QED) is 0.465. The molecule has 2 radical (unpaired) electrons. The van der Waals surface area contributed by atoms with Crippen LogP contribution in [0.2, 0.25) is 0 Å². The molecule has 0 amide bonds. The predicted octanol–water partition coefficient (Wildman–Crippen LogP) is 3.41. The van der Waals surface area contributed by atoms with Crippen LogP contribution in [0.1, 0.15) is 31.5 Å². The molecule has 33 heavy (non-hydrogen) atoms. The van der Waals surface area contributed by atoms with E-state index in [0.29, 0.717) is 45.4 Å². The van der Waals surface area contributed by atoms with Gasteiger partial charge in [-0.15, -0.1) is 0 Å². The van der Waals surface area contributed by atoms with Crippen LogP contribution in [0.3, 0.4) is 0 Å². The first-order valence-electron chi connectivity index (χ1n) is 11.1. The number of ether oxygens (including phenoxy) is 1. The molecular weight excluding hydrogens is 416 g/mol. The summed E-state index contributed by atoms with van der Waals surface area (Å²) in [6.45, 7) is 3.51. The number of halogens is 1. The van der Waals surface area contributed by atoms with Crippen LogP contribution < -0.4 is 16.5 Å². The fourth-order valence-electron chi connectivity index (χ4n) is 4.41. The van der Waals surface area contributed by atoms with Crippen molar-refractivity contribution in [3.8, 4) is 22.3 Å². The number of hydrogen-bond donors (Lipinski definition) is 2. The van der Waals surface area contributed by atoms with E-state index >= 15 is 4.39 Å². The number of anilines is 1. The molecule has 1 atom stereocenters. The van der Waals surface area contributed by atoms with Crippen molar-refractivity contribution >= 4 is 24.8 Å². The van der Waals surface area contributed by atoms with E-state index in [1.807, 2.05) is 43.3 Å². The molecule has 3 heterocycles. The molecule has 1 saturated heterocycles. The number of benzene rings is 2. The smallest absolute Gasteiger partial charge is 0.165 e. The lowest BCUT2D eigenvalue weighted by atomic mass is 9.91. The lowest BCUT2D eigenvalue weighted by Crippen LogP contribution is -2.39. The van der Waals surface area contributed by atoms with Crippen LogP contribution in [0.15, 0.2) is 54.7 Å². The molecule has 2 aromatic heterocycles. The number of aromatic nitrogens is 3. The third-order valence-electron chi connectivity index (χ3n) is 6.23. The molecule has 0 spiro atoms. The zero-order valence-electron chi connectivity index (χ0n) is 18.5. The molecule has 4 aromatic rings. The van der Waals surface area contributed by atoms with Gasteiger partial charge in [-0.3, -0.25) is 0 Å². The summed E-state index contributed by atoms with van der Waals surface area (Å²) >= 11 is 0. The SMILES string of the molecule is [B]c1c(C(C)NC2CCOCC2)nc2c(-c3ccc(-c4ccccc4)c(F)c3)cnn2c1N. The Morgan fingerprint density at radius 2 is 1.88 bits per heavy atom. The molecule has 166 valence electrons. The number of nitrogens with two attached hydrogens (primary N) is 1. The Bertz CT molecular complexity index is 1290. The fraction of sp³-hybridized carbons (Fsp3) is 0.280. The Kier molecular flexibility index (Phi) is 5.87. The number of fused-ring (bicyclic) bond motifs is 1. The summed E-state index contributed by atoms with van der Waals surface area (Å²) < 4.78 is 22.0. The Labute approximate surface area is 193 Å². The maximum atomic E-state index is 15.0. The lowest BCUT2D eigenvalue weighted by Gasteiger charge is -2.27. The second kappa shape index (κ2) is 8.96.